The summed E-state index contributed by atoms with van der Waals surface area (Å²) in [6.45, 7) is 3.96. The second kappa shape index (κ2) is 10.2. The molecule has 1 saturated heterocycles. The van der Waals surface area contributed by atoms with Crippen LogP contribution < -0.4 is 14.4 Å². The number of aryl methyl sites for hydroxylation is 1. The maximum Gasteiger partial charge on any atom is 0.350 e. The molecule has 1 atom stereocenters. The molecule has 1 aliphatic rings. The van der Waals surface area contributed by atoms with Gasteiger partial charge in [-0.25, -0.2) is 9.78 Å². The van der Waals surface area contributed by atoms with Gasteiger partial charge in [-0.05, 0) is 55.8 Å². The predicted molar refractivity (Wildman–Crippen MR) is 134 cm³/mol. The smallest absolute Gasteiger partial charge is 0.350 e. The molecule has 2 aromatic carbocycles. The van der Waals surface area contributed by atoms with E-state index >= 15 is 0 Å². The Labute approximate surface area is 211 Å². The fourth-order valence-electron chi connectivity index (χ4n) is 3.93. The van der Waals surface area contributed by atoms with Crippen molar-refractivity contribution in [2.75, 3.05) is 25.7 Å². The third-order valence-corrected chi connectivity index (χ3v) is 6.81. The number of hydrogen-bond donors (Lipinski definition) is 1. The molecule has 1 amide bonds. The summed E-state index contributed by atoms with van der Waals surface area (Å²) in [5.74, 6) is -1.47. The van der Waals surface area contributed by atoms with E-state index in [1.807, 2.05) is 6.92 Å². The van der Waals surface area contributed by atoms with Gasteiger partial charge in [-0.1, -0.05) is 23.5 Å². The van der Waals surface area contributed by atoms with E-state index in [0.29, 0.717) is 34.9 Å². The summed E-state index contributed by atoms with van der Waals surface area (Å²) in [5.41, 5.74) is 1.17. The average molecular weight is 509 g/mol. The van der Waals surface area contributed by atoms with Gasteiger partial charge in [0.15, 0.2) is 5.13 Å². The lowest BCUT2D eigenvalue weighted by molar-refractivity contribution is -0.132. The minimum atomic E-state index is -0.987. The van der Waals surface area contributed by atoms with Crippen molar-refractivity contribution in [2.24, 2.45) is 0 Å². The Hall–Kier alpha value is -4.18. The van der Waals surface area contributed by atoms with Crippen LogP contribution in [0.4, 0.5) is 5.13 Å². The van der Waals surface area contributed by atoms with Crippen molar-refractivity contribution in [1.82, 2.24) is 4.98 Å². The molecule has 0 radical (unpaired) electrons. The van der Waals surface area contributed by atoms with Gasteiger partial charge in [-0.2, -0.15) is 0 Å². The highest BCUT2D eigenvalue weighted by molar-refractivity contribution is 7.17. The van der Waals surface area contributed by atoms with E-state index in [-0.39, 0.29) is 21.3 Å². The third kappa shape index (κ3) is 4.42. The number of aliphatic hydroxyl groups excluding tert-OH is 1. The van der Waals surface area contributed by atoms with Crippen LogP contribution in [0.15, 0.2) is 54.1 Å². The van der Waals surface area contributed by atoms with Crippen molar-refractivity contribution in [3.05, 3.63) is 75.8 Å². The number of aliphatic hydroxyl groups is 1. The number of esters is 1. The van der Waals surface area contributed by atoms with Crippen LogP contribution in [0.5, 0.6) is 11.5 Å². The zero-order chi connectivity index (χ0) is 26.0. The van der Waals surface area contributed by atoms with Crippen molar-refractivity contribution in [1.29, 1.82) is 0 Å². The molecule has 1 unspecified atom stereocenters. The molecule has 0 bridgehead atoms. The molecule has 0 aliphatic carbocycles. The van der Waals surface area contributed by atoms with Gasteiger partial charge < -0.3 is 19.3 Å². The number of carbonyl (C=O) groups excluding carboxylic acids is 3. The molecule has 0 spiro atoms. The third-order valence-electron chi connectivity index (χ3n) is 5.68. The van der Waals surface area contributed by atoms with Gasteiger partial charge in [0.1, 0.15) is 22.1 Å². The quantitative estimate of drug-likeness (QED) is 0.218. The molecule has 36 heavy (non-hydrogen) atoms. The van der Waals surface area contributed by atoms with E-state index in [1.54, 1.807) is 55.5 Å². The number of hydrogen-bond acceptors (Lipinski definition) is 9. The number of anilines is 1. The molecule has 3 aromatic rings. The van der Waals surface area contributed by atoms with Crippen LogP contribution in [0.1, 0.15) is 39.5 Å². The molecular weight excluding hydrogens is 484 g/mol. The molecule has 10 heteroatoms. The number of methoxy groups -OCH3 is 2. The van der Waals surface area contributed by atoms with E-state index in [1.165, 1.54) is 19.1 Å². The Bertz CT molecular complexity index is 1340. The fraction of sp³-hybridized carbons (Fsp3) is 0.231. The lowest BCUT2D eigenvalue weighted by atomic mass is 9.95. The van der Waals surface area contributed by atoms with Gasteiger partial charge in [0.2, 0.25) is 0 Å². The molecule has 1 aliphatic heterocycles. The Kier molecular flexibility index (Phi) is 7.07. The Morgan fingerprint density at radius 3 is 2.28 bits per heavy atom. The zero-order valence-corrected chi connectivity index (χ0v) is 20.9. The van der Waals surface area contributed by atoms with Crippen LogP contribution in [-0.2, 0) is 14.3 Å². The summed E-state index contributed by atoms with van der Waals surface area (Å²) in [6.07, 6.45) is 0. The first-order chi connectivity index (χ1) is 17.3. The first kappa shape index (κ1) is 24.9. The molecular formula is C26H24N2O7S. The van der Waals surface area contributed by atoms with Crippen LogP contribution in [-0.4, -0.2) is 48.6 Å². The number of ether oxygens (including phenoxy) is 3. The van der Waals surface area contributed by atoms with Gasteiger partial charge in [0, 0.05) is 5.56 Å². The molecule has 1 N–H and O–H groups in total. The van der Waals surface area contributed by atoms with Crippen molar-refractivity contribution in [3.63, 3.8) is 0 Å². The molecule has 4 rings (SSSR count). The topological polar surface area (TPSA) is 115 Å². The van der Waals surface area contributed by atoms with E-state index in [9.17, 15) is 19.5 Å². The highest BCUT2D eigenvalue weighted by Crippen LogP contribution is 2.44. The average Bonchev–Trinajstić information content (AvgIpc) is 3.40. The Morgan fingerprint density at radius 2 is 1.69 bits per heavy atom. The number of nitrogens with zero attached hydrogens (tertiary/aromatic N) is 2. The second-order valence-electron chi connectivity index (χ2n) is 7.80. The minimum Gasteiger partial charge on any atom is -0.507 e. The summed E-state index contributed by atoms with van der Waals surface area (Å²) in [7, 11) is 2.77. The SMILES string of the molecule is CCOc1ccc(C2C(=C(O)c3ccc(OC)cc3)C(=O)C(=O)N2c2nc(C)c(C(=O)OC)s2)cc1. The van der Waals surface area contributed by atoms with Crippen molar-refractivity contribution in [2.45, 2.75) is 19.9 Å². The van der Waals surface area contributed by atoms with E-state index in [2.05, 4.69) is 4.98 Å². The number of Topliss-reactive ketones (excluding diaryl/α,β-unsaturated/α-hetero) is 1. The number of ketones is 1. The normalized spacial score (nSPS) is 16.8. The maximum absolute atomic E-state index is 13.3. The Balaban J connectivity index is 1.89. The van der Waals surface area contributed by atoms with Gasteiger partial charge >= 0.3 is 11.9 Å². The standard InChI is InChI=1S/C26H24N2O7S/c1-5-35-18-12-6-15(7-13-18)20-19(21(29)16-8-10-17(33-3)11-9-16)22(30)24(31)28(20)26-27-14(2)23(36-26)25(32)34-4/h6-13,20,29H,5H2,1-4H3. The largest absolute Gasteiger partial charge is 0.507 e. The minimum absolute atomic E-state index is 0.0956. The van der Waals surface area contributed by atoms with Gasteiger partial charge in [0.05, 0.1) is 38.1 Å². The van der Waals surface area contributed by atoms with Gasteiger partial charge in [0.25, 0.3) is 5.78 Å². The van der Waals surface area contributed by atoms with Crippen molar-refractivity contribution in [3.8, 4) is 11.5 Å². The van der Waals surface area contributed by atoms with Crippen molar-refractivity contribution >= 4 is 39.9 Å². The molecule has 1 aromatic heterocycles. The van der Waals surface area contributed by atoms with Gasteiger partial charge in [-0.15, -0.1) is 0 Å². The number of benzene rings is 2. The first-order valence-electron chi connectivity index (χ1n) is 11.0. The van der Waals surface area contributed by atoms with Crippen LogP contribution in [0.3, 0.4) is 0 Å². The summed E-state index contributed by atoms with van der Waals surface area (Å²) >= 11 is 0.941. The molecule has 0 saturated carbocycles. The van der Waals surface area contributed by atoms with Gasteiger partial charge in [-0.3, -0.25) is 14.5 Å². The Morgan fingerprint density at radius 1 is 1.06 bits per heavy atom. The van der Waals surface area contributed by atoms with Crippen LogP contribution in [0, 0.1) is 6.92 Å². The van der Waals surface area contributed by atoms with Crippen LogP contribution >= 0.6 is 11.3 Å². The number of thiazole rings is 1. The zero-order valence-electron chi connectivity index (χ0n) is 20.1. The molecule has 9 nitrogen and oxygen atoms in total. The molecule has 1 fully saturated rings. The highest BCUT2D eigenvalue weighted by Gasteiger charge is 2.48. The number of rotatable bonds is 7. The first-order valence-corrected chi connectivity index (χ1v) is 11.9. The second-order valence-corrected chi connectivity index (χ2v) is 8.78. The van der Waals surface area contributed by atoms with Crippen LogP contribution in [0.25, 0.3) is 5.76 Å². The lowest BCUT2D eigenvalue weighted by Crippen LogP contribution is -2.29. The fourth-order valence-corrected chi connectivity index (χ4v) is 4.94. The maximum atomic E-state index is 13.3. The van der Waals surface area contributed by atoms with E-state index in [4.69, 9.17) is 14.2 Å². The highest BCUT2D eigenvalue weighted by atomic mass is 32.1. The summed E-state index contributed by atoms with van der Waals surface area (Å²) in [4.78, 5) is 44.6. The number of carbonyl (C=O) groups is 3. The summed E-state index contributed by atoms with van der Waals surface area (Å²) in [6, 6.07) is 12.4. The van der Waals surface area contributed by atoms with Crippen molar-refractivity contribution < 1.29 is 33.7 Å². The van der Waals surface area contributed by atoms with Crippen LogP contribution in [0.2, 0.25) is 0 Å². The van der Waals surface area contributed by atoms with E-state index < -0.39 is 23.7 Å². The number of amides is 1. The molecule has 186 valence electrons. The molecule has 2 heterocycles. The monoisotopic (exact) mass is 508 g/mol. The van der Waals surface area contributed by atoms with E-state index in [0.717, 1.165) is 11.3 Å². The predicted octanol–water partition coefficient (Wildman–Crippen LogP) is 4.27. The number of aromatic nitrogens is 1. The lowest BCUT2D eigenvalue weighted by Gasteiger charge is -2.23. The summed E-state index contributed by atoms with van der Waals surface area (Å²) < 4.78 is 15.5. The summed E-state index contributed by atoms with van der Waals surface area (Å²) in [5, 5.41) is 11.4.